The van der Waals surface area contributed by atoms with Gasteiger partial charge in [0.25, 0.3) is 0 Å². The van der Waals surface area contributed by atoms with Crippen LogP contribution in [-0.4, -0.2) is 38.2 Å². The quantitative estimate of drug-likeness (QED) is 0.604. The molecule has 0 spiro atoms. The molecule has 0 saturated heterocycles. The zero-order valence-corrected chi connectivity index (χ0v) is 16.1. The molecular formula is C15H32ClN3O3S. The molecule has 1 rings (SSSR count). The van der Waals surface area contributed by atoms with E-state index in [9.17, 15) is 13.2 Å². The molecule has 1 aliphatic carbocycles. The summed E-state index contributed by atoms with van der Waals surface area (Å²) in [7, 11) is -3.58. The maximum Gasteiger partial charge on any atom is 0.236 e. The lowest BCUT2D eigenvalue weighted by molar-refractivity contribution is -0.118. The Morgan fingerprint density at radius 1 is 1.17 bits per heavy atom. The third kappa shape index (κ3) is 8.33. The average molecular weight is 370 g/mol. The Morgan fingerprint density at radius 3 is 2.17 bits per heavy atom. The lowest BCUT2D eigenvalue weighted by Crippen LogP contribution is -2.51. The first-order chi connectivity index (χ1) is 10.2. The highest BCUT2D eigenvalue weighted by molar-refractivity contribution is 7.90. The second-order valence-corrected chi connectivity index (χ2v) is 8.43. The minimum Gasteiger partial charge on any atom is -0.353 e. The van der Waals surface area contributed by atoms with E-state index in [2.05, 4.69) is 17.0 Å². The van der Waals surface area contributed by atoms with E-state index in [-0.39, 0.29) is 18.4 Å². The lowest BCUT2D eigenvalue weighted by Gasteiger charge is -2.27. The van der Waals surface area contributed by atoms with Crippen LogP contribution in [0.5, 0.6) is 0 Å². The van der Waals surface area contributed by atoms with Crippen LogP contribution >= 0.6 is 12.4 Å². The summed E-state index contributed by atoms with van der Waals surface area (Å²) in [6.45, 7) is 6.39. The van der Waals surface area contributed by atoms with Crippen LogP contribution < -0.4 is 15.8 Å². The molecule has 6 nitrogen and oxygen atoms in total. The number of carbonyl (C=O) groups excluding carboxylic acids is 1. The van der Waals surface area contributed by atoms with Gasteiger partial charge < -0.3 is 11.1 Å². The Labute approximate surface area is 146 Å². The lowest BCUT2D eigenvalue weighted by atomic mass is 9.88. The van der Waals surface area contributed by atoms with E-state index in [0.717, 1.165) is 38.5 Å². The molecule has 1 saturated carbocycles. The van der Waals surface area contributed by atoms with Crippen molar-refractivity contribution >= 4 is 28.3 Å². The fraction of sp³-hybridized carbons (Fsp3) is 0.933. The van der Waals surface area contributed by atoms with Gasteiger partial charge in [-0.05, 0) is 44.4 Å². The zero-order chi connectivity index (χ0) is 16.8. The van der Waals surface area contributed by atoms with Gasteiger partial charge in [0.1, 0.15) is 5.75 Å². The summed E-state index contributed by atoms with van der Waals surface area (Å²) in [6.07, 6.45) is 5.22. The van der Waals surface area contributed by atoms with Crippen molar-refractivity contribution in [3.63, 3.8) is 0 Å². The fourth-order valence-electron chi connectivity index (χ4n) is 2.67. The minimum absolute atomic E-state index is 0. The van der Waals surface area contributed by atoms with Crippen molar-refractivity contribution in [3.05, 3.63) is 0 Å². The van der Waals surface area contributed by atoms with Crippen molar-refractivity contribution in [3.8, 4) is 0 Å². The average Bonchev–Trinajstić information content (AvgIpc) is 2.46. The standard InChI is InChI=1S/C15H31N3O3S.ClH/c1-4-15(16,5-2)11-17-14(19)10-22(20,21)18-13-8-6-12(3)7-9-13;/h12-13,18H,4-11,16H2,1-3H3,(H,17,19);1H. The predicted octanol–water partition coefficient (Wildman–Crippen LogP) is 1.54. The van der Waals surface area contributed by atoms with Crippen molar-refractivity contribution in [2.24, 2.45) is 11.7 Å². The van der Waals surface area contributed by atoms with Crippen molar-refractivity contribution in [1.82, 2.24) is 10.0 Å². The van der Waals surface area contributed by atoms with E-state index in [1.54, 1.807) is 0 Å². The molecule has 0 bridgehead atoms. The van der Waals surface area contributed by atoms with E-state index >= 15 is 0 Å². The molecule has 0 aromatic rings. The third-order valence-corrected chi connectivity index (χ3v) is 6.06. The van der Waals surface area contributed by atoms with Crippen LogP contribution in [0, 0.1) is 5.92 Å². The van der Waals surface area contributed by atoms with Gasteiger partial charge in [-0.15, -0.1) is 12.4 Å². The molecule has 1 aliphatic rings. The molecule has 23 heavy (non-hydrogen) atoms. The Kier molecular flexibility index (Phi) is 9.65. The van der Waals surface area contributed by atoms with Crippen LogP contribution in [0.1, 0.15) is 59.3 Å². The molecule has 0 radical (unpaired) electrons. The highest BCUT2D eigenvalue weighted by atomic mass is 35.5. The smallest absolute Gasteiger partial charge is 0.236 e. The van der Waals surface area contributed by atoms with Gasteiger partial charge in [-0.3, -0.25) is 4.79 Å². The van der Waals surface area contributed by atoms with Crippen molar-refractivity contribution in [2.45, 2.75) is 70.9 Å². The van der Waals surface area contributed by atoms with Gasteiger partial charge in [0.15, 0.2) is 0 Å². The second kappa shape index (κ2) is 9.81. The number of halogens is 1. The van der Waals surface area contributed by atoms with Crippen molar-refractivity contribution in [1.29, 1.82) is 0 Å². The van der Waals surface area contributed by atoms with Gasteiger partial charge in [-0.2, -0.15) is 0 Å². The molecule has 0 aromatic heterocycles. The number of nitrogens with one attached hydrogen (secondary N) is 2. The first kappa shape index (κ1) is 22.6. The van der Waals surface area contributed by atoms with Crippen LogP contribution in [0.2, 0.25) is 0 Å². The normalized spacial score (nSPS) is 22.3. The molecule has 8 heteroatoms. The Morgan fingerprint density at radius 2 is 1.70 bits per heavy atom. The molecule has 138 valence electrons. The van der Waals surface area contributed by atoms with Gasteiger partial charge in [0.05, 0.1) is 0 Å². The SMILES string of the molecule is CCC(N)(CC)CNC(=O)CS(=O)(=O)NC1CCC(C)CC1.Cl. The van der Waals surface area contributed by atoms with Gasteiger partial charge in [-0.25, -0.2) is 13.1 Å². The van der Waals surface area contributed by atoms with E-state index in [4.69, 9.17) is 5.73 Å². The van der Waals surface area contributed by atoms with E-state index in [1.165, 1.54) is 0 Å². The molecule has 0 heterocycles. The highest BCUT2D eigenvalue weighted by Crippen LogP contribution is 2.23. The van der Waals surface area contributed by atoms with E-state index < -0.39 is 27.2 Å². The van der Waals surface area contributed by atoms with Gasteiger partial charge >= 0.3 is 0 Å². The summed E-state index contributed by atoms with van der Waals surface area (Å²) in [5.41, 5.74) is 5.63. The summed E-state index contributed by atoms with van der Waals surface area (Å²) in [5, 5.41) is 2.64. The van der Waals surface area contributed by atoms with Gasteiger partial charge in [0, 0.05) is 18.1 Å². The number of hydrogen-bond donors (Lipinski definition) is 3. The largest absolute Gasteiger partial charge is 0.353 e. The van der Waals surface area contributed by atoms with Crippen molar-refractivity contribution in [2.75, 3.05) is 12.3 Å². The predicted molar refractivity (Wildman–Crippen MR) is 96.1 cm³/mol. The van der Waals surface area contributed by atoms with Crippen LogP contribution in [0.3, 0.4) is 0 Å². The zero-order valence-electron chi connectivity index (χ0n) is 14.4. The molecule has 4 N–H and O–H groups in total. The van der Waals surface area contributed by atoms with E-state index in [0.29, 0.717) is 12.5 Å². The number of nitrogens with two attached hydrogens (primary N) is 1. The molecule has 0 aromatic carbocycles. The van der Waals surface area contributed by atoms with Gasteiger partial charge in [0.2, 0.25) is 15.9 Å². The van der Waals surface area contributed by atoms with Crippen LogP contribution in [0.4, 0.5) is 0 Å². The molecule has 0 aliphatic heterocycles. The summed E-state index contributed by atoms with van der Waals surface area (Å²) >= 11 is 0. The number of amides is 1. The highest BCUT2D eigenvalue weighted by Gasteiger charge is 2.26. The Hall–Kier alpha value is -0.370. The van der Waals surface area contributed by atoms with Crippen LogP contribution in [0.25, 0.3) is 0 Å². The fourth-order valence-corrected chi connectivity index (χ4v) is 3.95. The Balaban J connectivity index is 0.00000484. The molecule has 0 atom stereocenters. The maximum atomic E-state index is 12.1. The first-order valence-electron chi connectivity index (χ1n) is 8.25. The van der Waals surface area contributed by atoms with Crippen molar-refractivity contribution < 1.29 is 13.2 Å². The molecule has 0 unspecified atom stereocenters. The minimum atomic E-state index is -3.58. The number of carbonyl (C=O) groups is 1. The summed E-state index contributed by atoms with van der Waals surface area (Å²) < 4.78 is 26.8. The monoisotopic (exact) mass is 369 g/mol. The number of rotatable bonds is 8. The van der Waals surface area contributed by atoms with E-state index in [1.807, 2.05) is 13.8 Å². The second-order valence-electron chi connectivity index (χ2n) is 6.68. The third-order valence-electron chi connectivity index (χ3n) is 4.73. The molecular weight excluding hydrogens is 338 g/mol. The first-order valence-corrected chi connectivity index (χ1v) is 9.90. The maximum absolute atomic E-state index is 12.1. The molecule has 1 amide bonds. The summed E-state index contributed by atoms with van der Waals surface area (Å²) in [6, 6.07) is -0.0334. The summed E-state index contributed by atoms with van der Waals surface area (Å²) in [5.74, 6) is -0.360. The number of sulfonamides is 1. The van der Waals surface area contributed by atoms with Crippen LogP contribution in [0.15, 0.2) is 0 Å². The topological polar surface area (TPSA) is 101 Å². The van der Waals surface area contributed by atoms with Crippen LogP contribution in [-0.2, 0) is 14.8 Å². The summed E-state index contributed by atoms with van der Waals surface area (Å²) in [4.78, 5) is 11.8. The number of hydrogen-bond acceptors (Lipinski definition) is 4. The van der Waals surface area contributed by atoms with Gasteiger partial charge in [-0.1, -0.05) is 20.8 Å². The molecule has 1 fully saturated rings. The Bertz CT molecular complexity index is 459.